The molecule has 0 aromatic heterocycles. The number of likely N-dealkylation sites (N-methyl/N-ethyl adjacent to an activating group) is 1. The van der Waals surface area contributed by atoms with Gasteiger partial charge >= 0.3 is 5.97 Å². The summed E-state index contributed by atoms with van der Waals surface area (Å²) in [5.41, 5.74) is 0. The largest absolute Gasteiger partial charge is 0.480 e. The van der Waals surface area contributed by atoms with E-state index in [2.05, 4.69) is 0 Å². The second-order valence-corrected chi connectivity index (χ2v) is 5.78. The first-order chi connectivity index (χ1) is 9.32. The van der Waals surface area contributed by atoms with Crippen molar-refractivity contribution in [3.63, 3.8) is 0 Å². The van der Waals surface area contributed by atoms with E-state index in [1.165, 1.54) is 11.9 Å². The van der Waals surface area contributed by atoms with Crippen LogP contribution in [0.15, 0.2) is 0 Å². The van der Waals surface area contributed by atoms with Gasteiger partial charge in [-0.3, -0.25) is 14.4 Å². The highest BCUT2D eigenvalue weighted by molar-refractivity contribution is 5.89. The Morgan fingerprint density at radius 1 is 1.35 bits per heavy atom. The molecule has 20 heavy (non-hydrogen) atoms. The van der Waals surface area contributed by atoms with Gasteiger partial charge in [-0.1, -0.05) is 13.8 Å². The fourth-order valence-electron chi connectivity index (χ4n) is 2.50. The maximum Gasteiger partial charge on any atom is 0.323 e. The van der Waals surface area contributed by atoms with Gasteiger partial charge in [0.2, 0.25) is 11.8 Å². The Bertz CT molecular complexity index is 381. The molecular formula is C14H24N2O4. The van der Waals surface area contributed by atoms with Crippen molar-refractivity contribution in [1.82, 2.24) is 9.80 Å². The predicted octanol–water partition coefficient (Wildman–Crippen LogP) is 0.957. The Kier molecular flexibility index (Phi) is 5.98. The Morgan fingerprint density at radius 2 is 2.00 bits per heavy atom. The number of rotatable bonds is 6. The minimum absolute atomic E-state index is 0.000949. The van der Waals surface area contributed by atoms with Crippen LogP contribution in [0.25, 0.3) is 0 Å². The molecule has 6 heteroatoms. The smallest absolute Gasteiger partial charge is 0.323 e. The monoisotopic (exact) mass is 284 g/mol. The number of aliphatic carboxylic acids is 1. The summed E-state index contributed by atoms with van der Waals surface area (Å²) in [5.74, 6) is -1.07. The summed E-state index contributed by atoms with van der Waals surface area (Å²) >= 11 is 0. The zero-order chi connectivity index (χ0) is 15.3. The van der Waals surface area contributed by atoms with E-state index in [0.717, 1.165) is 12.8 Å². The molecule has 1 rings (SSSR count). The zero-order valence-corrected chi connectivity index (χ0v) is 12.5. The summed E-state index contributed by atoms with van der Waals surface area (Å²) in [5, 5.41) is 8.78. The van der Waals surface area contributed by atoms with E-state index in [9.17, 15) is 14.4 Å². The molecule has 114 valence electrons. The minimum Gasteiger partial charge on any atom is -0.480 e. The molecule has 1 atom stereocenters. The number of carboxylic acids is 1. The molecule has 0 spiro atoms. The summed E-state index contributed by atoms with van der Waals surface area (Å²) in [6, 6.07) is -0.535. The van der Waals surface area contributed by atoms with Crippen LogP contribution >= 0.6 is 0 Å². The second kappa shape index (κ2) is 7.26. The molecule has 0 radical (unpaired) electrons. The van der Waals surface area contributed by atoms with E-state index in [-0.39, 0.29) is 24.3 Å². The lowest BCUT2D eigenvalue weighted by molar-refractivity contribution is -0.150. The molecule has 1 saturated heterocycles. The molecule has 1 heterocycles. The Labute approximate surface area is 119 Å². The van der Waals surface area contributed by atoms with Crippen LogP contribution in [0.3, 0.4) is 0 Å². The van der Waals surface area contributed by atoms with Gasteiger partial charge in [-0.25, -0.2) is 0 Å². The first kappa shape index (κ1) is 16.5. The van der Waals surface area contributed by atoms with Crippen molar-refractivity contribution in [2.45, 2.75) is 45.6 Å². The van der Waals surface area contributed by atoms with Crippen LogP contribution in [-0.2, 0) is 14.4 Å². The zero-order valence-electron chi connectivity index (χ0n) is 12.5. The van der Waals surface area contributed by atoms with Gasteiger partial charge in [-0.15, -0.1) is 0 Å². The van der Waals surface area contributed by atoms with Crippen molar-refractivity contribution in [2.24, 2.45) is 5.92 Å². The summed E-state index contributed by atoms with van der Waals surface area (Å²) in [6.07, 6.45) is 2.80. The highest BCUT2D eigenvalue weighted by Gasteiger charge is 2.33. The third kappa shape index (κ3) is 4.51. The average Bonchev–Trinajstić information content (AvgIpc) is 2.35. The standard InChI is InChI=1S/C14H24N2O4/c1-10(2)8-11(14(20)15(3)9-13(18)19)16-7-5-4-6-12(16)17/h10-11H,4-9H2,1-3H3,(H,18,19). The lowest BCUT2D eigenvalue weighted by Gasteiger charge is -2.36. The van der Waals surface area contributed by atoms with Gasteiger partial charge in [0.05, 0.1) is 0 Å². The topological polar surface area (TPSA) is 77.9 Å². The van der Waals surface area contributed by atoms with Crippen LogP contribution in [0.1, 0.15) is 39.5 Å². The van der Waals surface area contributed by atoms with Gasteiger partial charge in [0.1, 0.15) is 12.6 Å². The van der Waals surface area contributed by atoms with Crippen LogP contribution in [0, 0.1) is 5.92 Å². The summed E-state index contributed by atoms with van der Waals surface area (Å²) < 4.78 is 0. The first-order valence-corrected chi connectivity index (χ1v) is 7.09. The molecule has 1 unspecified atom stereocenters. The highest BCUT2D eigenvalue weighted by Crippen LogP contribution is 2.20. The van der Waals surface area contributed by atoms with E-state index in [4.69, 9.17) is 5.11 Å². The lowest BCUT2D eigenvalue weighted by atomic mass is 9.98. The lowest BCUT2D eigenvalue weighted by Crippen LogP contribution is -2.52. The van der Waals surface area contributed by atoms with E-state index in [1.807, 2.05) is 13.8 Å². The van der Waals surface area contributed by atoms with Gasteiger partial charge < -0.3 is 14.9 Å². The maximum absolute atomic E-state index is 12.4. The number of carboxylic acid groups (broad SMARTS) is 1. The van der Waals surface area contributed by atoms with E-state index in [1.54, 1.807) is 4.90 Å². The number of carbonyl (C=O) groups is 3. The maximum atomic E-state index is 12.4. The molecule has 6 nitrogen and oxygen atoms in total. The van der Waals surface area contributed by atoms with Crippen molar-refractivity contribution >= 4 is 17.8 Å². The summed E-state index contributed by atoms with van der Waals surface area (Å²) in [4.78, 5) is 38.0. The molecule has 0 saturated carbocycles. The van der Waals surface area contributed by atoms with Crippen molar-refractivity contribution in [3.8, 4) is 0 Å². The molecule has 1 aliphatic heterocycles. The molecule has 0 bridgehead atoms. The summed E-state index contributed by atoms with van der Waals surface area (Å²) in [6.45, 7) is 4.23. The number of nitrogens with zero attached hydrogens (tertiary/aromatic N) is 2. The van der Waals surface area contributed by atoms with Crippen LogP contribution in [0.5, 0.6) is 0 Å². The quantitative estimate of drug-likeness (QED) is 0.788. The van der Waals surface area contributed by atoms with Crippen molar-refractivity contribution < 1.29 is 19.5 Å². The molecule has 1 N–H and O–H groups in total. The fourth-order valence-corrected chi connectivity index (χ4v) is 2.50. The molecule has 0 aliphatic carbocycles. The SMILES string of the molecule is CC(C)CC(C(=O)N(C)CC(=O)O)N1CCCCC1=O. The first-order valence-electron chi connectivity index (χ1n) is 7.09. The van der Waals surface area contributed by atoms with Gasteiger partial charge in [0.25, 0.3) is 0 Å². The third-order valence-electron chi connectivity index (χ3n) is 3.46. The third-order valence-corrected chi connectivity index (χ3v) is 3.46. The average molecular weight is 284 g/mol. The predicted molar refractivity (Wildman–Crippen MR) is 74.1 cm³/mol. The number of hydrogen-bond donors (Lipinski definition) is 1. The summed E-state index contributed by atoms with van der Waals surface area (Å²) in [7, 11) is 1.47. The molecule has 1 fully saturated rings. The van der Waals surface area contributed by atoms with Crippen LogP contribution < -0.4 is 0 Å². The van der Waals surface area contributed by atoms with Gasteiger partial charge in [0, 0.05) is 20.0 Å². The second-order valence-electron chi connectivity index (χ2n) is 5.78. The van der Waals surface area contributed by atoms with E-state index >= 15 is 0 Å². The fraction of sp³-hybridized carbons (Fsp3) is 0.786. The molecule has 2 amide bonds. The normalized spacial score (nSPS) is 17.2. The number of amides is 2. The molecular weight excluding hydrogens is 260 g/mol. The molecule has 1 aliphatic rings. The van der Waals surface area contributed by atoms with E-state index < -0.39 is 12.0 Å². The highest BCUT2D eigenvalue weighted by atomic mass is 16.4. The number of likely N-dealkylation sites (tertiary alicyclic amines) is 1. The van der Waals surface area contributed by atoms with Crippen LogP contribution in [0.4, 0.5) is 0 Å². The van der Waals surface area contributed by atoms with Crippen molar-refractivity contribution in [2.75, 3.05) is 20.1 Å². The minimum atomic E-state index is -1.05. The van der Waals surface area contributed by atoms with Crippen molar-refractivity contribution in [1.29, 1.82) is 0 Å². The molecule has 0 aromatic rings. The number of carbonyl (C=O) groups excluding carboxylic acids is 2. The van der Waals surface area contributed by atoms with Gasteiger partial charge in [-0.2, -0.15) is 0 Å². The Balaban J connectivity index is 2.84. The number of hydrogen-bond acceptors (Lipinski definition) is 3. The van der Waals surface area contributed by atoms with Gasteiger partial charge in [0.15, 0.2) is 0 Å². The van der Waals surface area contributed by atoms with Gasteiger partial charge in [-0.05, 0) is 25.2 Å². The van der Waals surface area contributed by atoms with Crippen LogP contribution in [0.2, 0.25) is 0 Å². The Morgan fingerprint density at radius 3 is 2.50 bits per heavy atom. The Hall–Kier alpha value is -1.59. The van der Waals surface area contributed by atoms with Crippen LogP contribution in [-0.4, -0.2) is 58.9 Å². The number of piperidine rings is 1. The van der Waals surface area contributed by atoms with Crippen molar-refractivity contribution in [3.05, 3.63) is 0 Å². The van der Waals surface area contributed by atoms with E-state index in [0.29, 0.717) is 19.4 Å². The molecule has 0 aromatic carbocycles.